The Labute approximate surface area is 146 Å². The maximum absolute atomic E-state index is 12.5. The summed E-state index contributed by atoms with van der Waals surface area (Å²) < 4.78 is 5.11. The normalized spacial score (nSPS) is 15.1. The van der Waals surface area contributed by atoms with Crippen LogP contribution in [0.4, 0.5) is 5.69 Å². The van der Waals surface area contributed by atoms with Crippen LogP contribution in [-0.4, -0.2) is 43.2 Å². The van der Waals surface area contributed by atoms with Crippen molar-refractivity contribution in [3.8, 4) is 0 Å². The Morgan fingerprint density at radius 3 is 2.40 bits per heavy atom. The van der Waals surface area contributed by atoms with Crippen molar-refractivity contribution >= 4 is 23.5 Å². The number of carboxylic acid groups (broad SMARTS) is 1. The van der Waals surface area contributed by atoms with E-state index >= 15 is 0 Å². The zero-order chi connectivity index (χ0) is 18.3. The summed E-state index contributed by atoms with van der Waals surface area (Å²) in [7, 11) is 1.63. The molecule has 136 valence electrons. The van der Waals surface area contributed by atoms with Crippen LogP contribution < -0.4 is 10.6 Å². The molecule has 0 radical (unpaired) electrons. The molecule has 1 aromatic rings. The lowest BCUT2D eigenvalue weighted by atomic mass is 9.66. The van der Waals surface area contributed by atoms with Crippen molar-refractivity contribution in [2.45, 2.75) is 32.1 Å². The number of hydrogen-bond donors (Lipinski definition) is 3. The van der Waals surface area contributed by atoms with Crippen molar-refractivity contribution in [1.29, 1.82) is 0 Å². The fourth-order valence-electron chi connectivity index (χ4n) is 2.88. The summed E-state index contributed by atoms with van der Waals surface area (Å²) in [5.74, 6) is -1.42. The number of nitrogens with one attached hydrogen (secondary N) is 2. The minimum atomic E-state index is -1.08. The highest BCUT2D eigenvalue weighted by Crippen LogP contribution is 2.44. The Morgan fingerprint density at radius 1 is 1.20 bits per heavy atom. The van der Waals surface area contributed by atoms with E-state index in [0.29, 0.717) is 12.3 Å². The molecule has 0 heterocycles. The Bertz CT molecular complexity index is 623. The van der Waals surface area contributed by atoms with Crippen molar-refractivity contribution in [1.82, 2.24) is 5.32 Å². The summed E-state index contributed by atoms with van der Waals surface area (Å²) in [6, 6.07) is 7.00. The van der Waals surface area contributed by atoms with Gasteiger partial charge in [-0.2, -0.15) is 0 Å². The second-order valence-electron chi connectivity index (χ2n) is 6.37. The van der Waals surface area contributed by atoms with Crippen molar-refractivity contribution in [3.05, 3.63) is 29.8 Å². The number of amides is 2. The monoisotopic (exact) mass is 348 g/mol. The number of hydrogen-bond acceptors (Lipinski definition) is 4. The van der Waals surface area contributed by atoms with Gasteiger partial charge < -0.3 is 20.5 Å². The molecule has 25 heavy (non-hydrogen) atoms. The van der Waals surface area contributed by atoms with Crippen LogP contribution in [0.2, 0.25) is 0 Å². The maximum atomic E-state index is 12.5. The molecule has 0 bridgehead atoms. The Morgan fingerprint density at radius 2 is 1.88 bits per heavy atom. The van der Waals surface area contributed by atoms with E-state index in [4.69, 9.17) is 9.84 Å². The third-order valence-corrected chi connectivity index (χ3v) is 4.59. The second kappa shape index (κ2) is 8.62. The zero-order valence-corrected chi connectivity index (χ0v) is 14.3. The minimum absolute atomic E-state index is 0.0164. The van der Waals surface area contributed by atoms with Crippen molar-refractivity contribution < 1.29 is 24.2 Å². The SMILES string of the molecule is COCCC1(C(=O)Nc2ccc(CC(=O)NCC(=O)O)cc2)CCC1. The van der Waals surface area contributed by atoms with E-state index in [0.717, 1.165) is 31.2 Å². The van der Waals surface area contributed by atoms with Gasteiger partial charge in [0, 0.05) is 19.4 Å². The molecular formula is C18H24N2O5. The van der Waals surface area contributed by atoms with E-state index in [2.05, 4.69) is 10.6 Å². The van der Waals surface area contributed by atoms with Gasteiger partial charge in [0.2, 0.25) is 11.8 Å². The minimum Gasteiger partial charge on any atom is -0.480 e. The van der Waals surface area contributed by atoms with E-state index in [-0.39, 0.29) is 23.7 Å². The first kappa shape index (κ1) is 18.9. The van der Waals surface area contributed by atoms with Gasteiger partial charge in [0.25, 0.3) is 0 Å². The lowest BCUT2D eigenvalue weighted by molar-refractivity contribution is -0.137. The highest BCUT2D eigenvalue weighted by Gasteiger charge is 2.43. The predicted molar refractivity (Wildman–Crippen MR) is 92.2 cm³/mol. The summed E-state index contributed by atoms with van der Waals surface area (Å²) in [6.45, 7) is 0.175. The predicted octanol–water partition coefficient (Wildman–Crippen LogP) is 1.58. The molecule has 0 atom stereocenters. The van der Waals surface area contributed by atoms with Gasteiger partial charge in [-0.25, -0.2) is 0 Å². The second-order valence-corrected chi connectivity index (χ2v) is 6.37. The quantitative estimate of drug-likeness (QED) is 0.628. The third-order valence-electron chi connectivity index (χ3n) is 4.59. The van der Waals surface area contributed by atoms with Gasteiger partial charge >= 0.3 is 5.97 Å². The van der Waals surface area contributed by atoms with Crippen LogP contribution in [0.25, 0.3) is 0 Å². The van der Waals surface area contributed by atoms with Crippen LogP contribution in [0.5, 0.6) is 0 Å². The summed E-state index contributed by atoms with van der Waals surface area (Å²) in [4.78, 5) is 34.6. The summed E-state index contributed by atoms with van der Waals surface area (Å²) in [5.41, 5.74) is 1.10. The number of aliphatic carboxylic acids is 1. The zero-order valence-electron chi connectivity index (χ0n) is 14.3. The number of carboxylic acids is 1. The molecule has 2 rings (SSSR count). The third kappa shape index (κ3) is 5.29. The molecule has 0 aliphatic heterocycles. The number of methoxy groups -OCH3 is 1. The molecule has 7 heteroatoms. The Kier molecular flexibility index (Phi) is 6.52. The standard InChI is InChI=1S/C18H24N2O5/c1-25-10-9-18(7-2-8-18)17(24)20-14-5-3-13(4-6-14)11-15(21)19-12-16(22)23/h3-6H,2,7-12H2,1H3,(H,19,21)(H,20,24)(H,22,23). The molecule has 1 fully saturated rings. The van der Waals surface area contributed by atoms with Crippen LogP contribution in [0.1, 0.15) is 31.2 Å². The summed E-state index contributed by atoms with van der Waals surface area (Å²) in [6.07, 6.45) is 3.63. The Hall–Kier alpha value is -2.41. The smallest absolute Gasteiger partial charge is 0.322 e. The first-order valence-corrected chi connectivity index (χ1v) is 8.33. The molecule has 0 saturated heterocycles. The molecule has 1 aliphatic carbocycles. The average molecular weight is 348 g/mol. The number of benzene rings is 1. The number of carbonyl (C=O) groups is 3. The molecule has 1 aromatic carbocycles. The Balaban J connectivity index is 1.88. The molecule has 1 aliphatic rings. The number of carbonyl (C=O) groups excluding carboxylic acids is 2. The molecule has 0 spiro atoms. The van der Waals surface area contributed by atoms with Gasteiger partial charge in [-0.05, 0) is 37.0 Å². The molecule has 0 unspecified atom stereocenters. The van der Waals surface area contributed by atoms with E-state index < -0.39 is 12.5 Å². The van der Waals surface area contributed by atoms with Gasteiger partial charge in [0.05, 0.1) is 11.8 Å². The fourth-order valence-corrected chi connectivity index (χ4v) is 2.88. The van der Waals surface area contributed by atoms with Crippen LogP contribution >= 0.6 is 0 Å². The van der Waals surface area contributed by atoms with E-state index in [1.54, 1.807) is 31.4 Å². The number of rotatable bonds is 9. The van der Waals surface area contributed by atoms with Gasteiger partial charge in [0.15, 0.2) is 0 Å². The lowest BCUT2D eigenvalue weighted by Gasteiger charge is -2.40. The topological polar surface area (TPSA) is 105 Å². The highest BCUT2D eigenvalue weighted by molar-refractivity contribution is 5.96. The molecule has 7 nitrogen and oxygen atoms in total. The summed E-state index contributed by atoms with van der Waals surface area (Å²) >= 11 is 0. The molecule has 1 saturated carbocycles. The maximum Gasteiger partial charge on any atom is 0.322 e. The largest absolute Gasteiger partial charge is 0.480 e. The van der Waals surface area contributed by atoms with Crippen LogP contribution in [-0.2, 0) is 25.5 Å². The first-order valence-electron chi connectivity index (χ1n) is 8.33. The summed E-state index contributed by atoms with van der Waals surface area (Å²) in [5, 5.41) is 13.8. The first-order chi connectivity index (χ1) is 11.9. The average Bonchev–Trinajstić information content (AvgIpc) is 2.54. The molecule has 2 amide bonds. The number of ether oxygens (including phenoxy) is 1. The van der Waals surface area contributed by atoms with Gasteiger partial charge in [0.1, 0.15) is 6.54 Å². The van der Waals surface area contributed by atoms with Gasteiger partial charge in [-0.1, -0.05) is 18.6 Å². The highest BCUT2D eigenvalue weighted by atomic mass is 16.5. The van der Waals surface area contributed by atoms with E-state index in [9.17, 15) is 14.4 Å². The lowest BCUT2D eigenvalue weighted by Crippen LogP contribution is -2.42. The molecular weight excluding hydrogens is 324 g/mol. The van der Waals surface area contributed by atoms with E-state index in [1.807, 2.05) is 0 Å². The van der Waals surface area contributed by atoms with Gasteiger partial charge in [-0.3, -0.25) is 14.4 Å². The van der Waals surface area contributed by atoms with Gasteiger partial charge in [-0.15, -0.1) is 0 Å². The van der Waals surface area contributed by atoms with Crippen molar-refractivity contribution in [3.63, 3.8) is 0 Å². The molecule has 0 aromatic heterocycles. The van der Waals surface area contributed by atoms with Crippen LogP contribution in [0.15, 0.2) is 24.3 Å². The fraction of sp³-hybridized carbons (Fsp3) is 0.500. The number of anilines is 1. The molecule has 3 N–H and O–H groups in total. The van der Waals surface area contributed by atoms with Crippen molar-refractivity contribution in [2.24, 2.45) is 5.41 Å². The van der Waals surface area contributed by atoms with Crippen LogP contribution in [0, 0.1) is 5.41 Å². The van der Waals surface area contributed by atoms with Crippen molar-refractivity contribution in [2.75, 3.05) is 25.6 Å². The van der Waals surface area contributed by atoms with E-state index in [1.165, 1.54) is 0 Å². The van der Waals surface area contributed by atoms with Crippen LogP contribution in [0.3, 0.4) is 0 Å².